The van der Waals surface area contributed by atoms with Crippen molar-refractivity contribution in [1.29, 1.82) is 0 Å². The van der Waals surface area contributed by atoms with Crippen LogP contribution in [0.2, 0.25) is 0 Å². The maximum Gasteiger partial charge on any atom is 0.278 e. The van der Waals surface area contributed by atoms with E-state index in [0.717, 1.165) is 53.8 Å². The molecule has 3 aromatic carbocycles. The van der Waals surface area contributed by atoms with E-state index in [2.05, 4.69) is 33.8 Å². The summed E-state index contributed by atoms with van der Waals surface area (Å²) in [5.41, 5.74) is 11.2. The van der Waals surface area contributed by atoms with Crippen molar-refractivity contribution in [3.05, 3.63) is 77.4 Å². The smallest absolute Gasteiger partial charge is 0.278 e. The summed E-state index contributed by atoms with van der Waals surface area (Å²) >= 11 is 0. The van der Waals surface area contributed by atoms with Crippen molar-refractivity contribution in [2.45, 2.75) is 38.6 Å². The molecule has 0 bridgehead atoms. The highest BCUT2D eigenvalue weighted by Gasteiger charge is 2.21. The maximum absolute atomic E-state index is 13.1. The topological polar surface area (TPSA) is 78.8 Å². The Balaban J connectivity index is 1.44. The van der Waals surface area contributed by atoms with Gasteiger partial charge in [-0.1, -0.05) is 36.4 Å². The zero-order valence-corrected chi connectivity index (χ0v) is 20.3. The third-order valence-corrected chi connectivity index (χ3v) is 6.98. The summed E-state index contributed by atoms with van der Waals surface area (Å²) in [5, 5.41) is 2.34. The first-order valence-corrected chi connectivity index (χ1v) is 12.2. The molecule has 35 heavy (non-hydrogen) atoms. The zero-order valence-electron chi connectivity index (χ0n) is 20.3. The van der Waals surface area contributed by atoms with Crippen molar-refractivity contribution in [3.63, 3.8) is 0 Å². The molecule has 2 N–H and O–H groups in total. The number of amides is 1. The number of benzene rings is 3. The van der Waals surface area contributed by atoms with Crippen LogP contribution in [0.5, 0.6) is 5.75 Å². The molecule has 0 saturated carbocycles. The number of carbonyl (C=O) groups excluding carboxylic acids is 1. The number of ether oxygens (including phenoxy) is 2. The molecule has 0 atom stereocenters. The normalized spacial score (nSPS) is 15.1. The van der Waals surface area contributed by atoms with Gasteiger partial charge in [-0.05, 0) is 61.6 Å². The van der Waals surface area contributed by atoms with E-state index in [0.29, 0.717) is 30.3 Å². The molecule has 6 nitrogen and oxygen atoms in total. The van der Waals surface area contributed by atoms with Gasteiger partial charge in [0, 0.05) is 47.5 Å². The lowest BCUT2D eigenvalue weighted by Crippen LogP contribution is -2.19. The Labute approximate surface area is 205 Å². The van der Waals surface area contributed by atoms with Gasteiger partial charge in [0.05, 0.1) is 12.6 Å². The Bertz CT molecular complexity index is 1410. The van der Waals surface area contributed by atoms with E-state index in [1.807, 2.05) is 43.3 Å². The number of hydrogen-bond donors (Lipinski definition) is 1. The van der Waals surface area contributed by atoms with Gasteiger partial charge in [-0.3, -0.25) is 4.79 Å². The lowest BCUT2D eigenvalue weighted by atomic mass is 10.0. The SMILES string of the molecule is COc1cccc(C)c1CCC(N)=NC(=O)c1ccc2c3ccccc3n(C3CCOCC3)c2c1. The average molecular weight is 470 g/mol. The highest BCUT2D eigenvalue weighted by atomic mass is 16.5. The number of carbonyl (C=O) groups is 1. The quantitative estimate of drug-likeness (QED) is 0.295. The minimum absolute atomic E-state index is 0.315. The van der Waals surface area contributed by atoms with Crippen LogP contribution in [0.1, 0.15) is 46.8 Å². The lowest BCUT2D eigenvalue weighted by Gasteiger charge is -2.25. The highest BCUT2D eigenvalue weighted by molar-refractivity contribution is 6.11. The molecule has 1 aliphatic heterocycles. The minimum atomic E-state index is -0.315. The van der Waals surface area contributed by atoms with Gasteiger partial charge in [-0.2, -0.15) is 4.99 Å². The number of methoxy groups -OCH3 is 1. The molecule has 1 fully saturated rings. The van der Waals surface area contributed by atoms with Crippen molar-refractivity contribution < 1.29 is 14.3 Å². The van der Waals surface area contributed by atoms with E-state index in [9.17, 15) is 4.79 Å². The van der Waals surface area contributed by atoms with Crippen LogP contribution in [0, 0.1) is 6.92 Å². The molecule has 1 saturated heterocycles. The second-order valence-electron chi connectivity index (χ2n) is 9.13. The highest BCUT2D eigenvalue weighted by Crippen LogP contribution is 2.35. The van der Waals surface area contributed by atoms with Crippen LogP contribution >= 0.6 is 0 Å². The van der Waals surface area contributed by atoms with E-state index in [-0.39, 0.29) is 5.91 Å². The fourth-order valence-corrected chi connectivity index (χ4v) is 5.16. The second kappa shape index (κ2) is 9.92. The van der Waals surface area contributed by atoms with Crippen LogP contribution in [-0.4, -0.2) is 36.6 Å². The summed E-state index contributed by atoms with van der Waals surface area (Å²) in [4.78, 5) is 17.3. The molecular weight excluding hydrogens is 438 g/mol. The Hall–Kier alpha value is -3.64. The van der Waals surface area contributed by atoms with Crippen LogP contribution in [0.4, 0.5) is 0 Å². The molecule has 4 aromatic rings. The van der Waals surface area contributed by atoms with E-state index in [1.165, 1.54) is 10.9 Å². The van der Waals surface area contributed by atoms with Gasteiger partial charge in [-0.15, -0.1) is 0 Å². The maximum atomic E-state index is 13.1. The number of aliphatic imine (C=N–C) groups is 1. The number of aryl methyl sites for hydroxylation is 1. The molecule has 1 aliphatic rings. The van der Waals surface area contributed by atoms with Crippen molar-refractivity contribution >= 4 is 33.5 Å². The third-order valence-electron chi connectivity index (χ3n) is 6.98. The first-order valence-electron chi connectivity index (χ1n) is 12.2. The fourth-order valence-electron chi connectivity index (χ4n) is 5.16. The molecule has 0 spiro atoms. The largest absolute Gasteiger partial charge is 0.496 e. The van der Waals surface area contributed by atoms with Crippen LogP contribution in [0.15, 0.2) is 65.7 Å². The van der Waals surface area contributed by atoms with Crippen LogP contribution < -0.4 is 10.5 Å². The van der Waals surface area contributed by atoms with Crippen molar-refractivity contribution in [1.82, 2.24) is 4.57 Å². The van der Waals surface area contributed by atoms with Gasteiger partial charge in [0.25, 0.3) is 5.91 Å². The number of aromatic nitrogens is 1. The third kappa shape index (κ3) is 4.54. The number of rotatable bonds is 6. The molecule has 0 radical (unpaired) electrons. The van der Waals surface area contributed by atoms with Gasteiger partial charge < -0.3 is 19.8 Å². The summed E-state index contributed by atoms with van der Waals surface area (Å²) in [6.07, 6.45) is 3.06. The molecule has 0 aliphatic carbocycles. The summed E-state index contributed by atoms with van der Waals surface area (Å²) in [5.74, 6) is 0.839. The van der Waals surface area contributed by atoms with Crippen LogP contribution in [0.25, 0.3) is 21.8 Å². The first kappa shape index (κ1) is 23.1. The van der Waals surface area contributed by atoms with E-state index in [4.69, 9.17) is 15.2 Å². The molecular formula is C29H31N3O3. The predicted molar refractivity (Wildman–Crippen MR) is 141 cm³/mol. The van der Waals surface area contributed by atoms with Crippen LogP contribution in [-0.2, 0) is 11.2 Å². The van der Waals surface area contributed by atoms with Crippen LogP contribution in [0.3, 0.4) is 0 Å². The van der Waals surface area contributed by atoms with Crippen molar-refractivity contribution in [2.24, 2.45) is 10.7 Å². The van der Waals surface area contributed by atoms with E-state index < -0.39 is 0 Å². The summed E-state index contributed by atoms with van der Waals surface area (Å²) in [7, 11) is 1.66. The zero-order chi connectivity index (χ0) is 24.4. The standard InChI is InChI=1S/C29H31N3O3/c1-19-6-5-9-27(34-2)22(19)12-13-28(30)31-29(33)20-10-11-24-23-7-3-4-8-25(23)32(26(24)18-20)21-14-16-35-17-15-21/h3-11,18,21H,12-17H2,1-2H3,(H2,30,31,33). The van der Waals surface area contributed by atoms with Crippen molar-refractivity contribution in [3.8, 4) is 5.75 Å². The average Bonchev–Trinajstić information content (AvgIpc) is 3.22. The number of amidine groups is 1. The minimum Gasteiger partial charge on any atom is -0.496 e. The van der Waals surface area contributed by atoms with Gasteiger partial charge >= 0.3 is 0 Å². The Kier molecular flexibility index (Phi) is 6.55. The monoisotopic (exact) mass is 469 g/mol. The molecule has 5 rings (SSSR count). The number of para-hydroxylation sites is 1. The van der Waals surface area contributed by atoms with Gasteiger partial charge in [0.15, 0.2) is 0 Å². The Morgan fingerprint density at radius 3 is 2.63 bits per heavy atom. The first-order chi connectivity index (χ1) is 17.1. The summed E-state index contributed by atoms with van der Waals surface area (Å²) in [6.45, 7) is 3.55. The van der Waals surface area contributed by atoms with Gasteiger partial charge in [0.2, 0.25) is 0 Å². The number of hydrogen-bond acceptors (Lipinski definition) is 3. The molecule has 6 heteroatoms. The van der Waals surface area contributed by atoms with Gasteiger partial charge in [0.1, 0.15) is 11.6 Å². The number of nitrogens with two attached hydrogens (primary N) is 1. The Morgan fingerprint density at radius 2 is 1.83 bits per heavy atom. The van der Waals surface area contributed by atoms with Crippen molar-refractivity contribution in [2.75, 3.05) is 20.3 Å². The second-order valence-corrected chi connectivity index (χ2v) is 9.13. The predicted octanol–water partition coefficient (Wildman–Crippen LogP) is 5.59. The summed E-state index contributed by atoms with van der Waals surface area (Å²) in [6, 6.07) is 20.6. The van der Waals surface area contributed by atoms with Gasteiger partial charge in [-0.25, -0.2) is 0 Å². The van der Waals surface area contributed by atoms with E-state index >= 15 is 0 Å². The summed E-state index contributed by atoms with van der Waals surface area (Å²) < 4.78 is 13.5. The number of nitrogens with zero attached hydrogens (tertiary/aromatic N) is 2. The molecule has 2 heterocycles. The molecule has 1 amide bonds. The molecule has 180 valence electrons. The molecule has 1 aromatic heterocycles. The van der Waals surface area contributed by atoms with E-state index in [1.54, 1.807) is 7.11 Å². The Morgan fingerprint density at radius 1 is 1.06 bits per heavy atom. The fraction of sp³-hybridized carbons (Fsp3) is 0.310. The molecule has 0 unspecified atom stereocenters. The lowest BCUT2D eigenvalue weighted by molar-refractivity contribution is 0.0717. The number of fused-ring (bicyclic) bond motifs is 3.